The highest BCUT2D eigenvalue weighted by molar-refractivity contribution is 7.47. The van der Waals surface area contributed by atoms with E-state index < -0.39 is 13.9 Å². The summed E-state index contributed by atoms with van der Waals surface area (Å²) in [5.74, 6) is -0.372. The number of rotatable bonds is 52. The Morgan fingerprint density at radius 1 is 0.451 bits per heavy atom. The monoisotopic (exact) mass is 1010 g/mol. The van der Waals surface area contributed by atoms with E-state index in [9.17, 15) is 14.3 Å². The maximum Gasteiger partial charge on any atom is 0.472 e. The van der Waals surface area contributed by atoms with Crippen molar-refractivity contribution in [3.63, 3.8) is 0 Å². The van der Waals surface area contributed by atoms with Crippen molar-refractivity contribution in [2.24, 2.45) is 0 Å². The highest BCUT2D eigenvalue weighted by atomic mass is 31.2. The first-order valence-electron chi connectivity index (χ1n) is 28.6. The molecule has 0 radical (unpaired) electrons. The summed E-state index contributed by atoms with van der Waals surface area (Å²) < 4.78 is 35.2. The van der Waals surface area contributed by atoms with Crippen LogP contribution in [-0.2, 0) is 27.9 Å². The summed E-state index contributed by atoms with van der Waals surface area (Å²) in [7, 11) is 1.62. The van der Waals surface area contributed by atoms with E-state index in [2.05, 4.69) is 123 Å². The van der Waals surface area contributed by atoms with Crippen molar-refractivity contribution in [1.29, 1.82) is 0 Å². The molecule has 9 heteroatoms. The molecule has 408 valence electrons. The first-order chi connectivity index (χ1) is 34.6. The van der Waals surface area contributed by atoms with Crippen LogP contribution in [0.3, 0.4) is 0 Å². The predicted octanol–water partition coefficient (Wildman–Crippen LogP) is 18.3. The van der Waals surface area contributed by atoms with Gasteiger partial charge in [0.25, 0.3) is 0 Å². The highest BCUT2D eigenvalue weighted by Gasteiger charge is 2.26. The molecule has 0 bridgehead atoms. The molecule has 0 aliphatic heterocycles. The fraction of sp³-hybridized carbons (Fsp3) is 0.694. The minimum absolute atomic E-state index is 0.0721. The van der Waals surface area contributed by atoms with Crippen LogP contribution in [0.5, 0.6) is 0 Å². The van der Waals surface area contributed by atoms with Crippen LogP contribution in [0, 0.1) is 0 Å². The van der Waals surface area contributed by atoms with Gasteiger partial charge in [-0.25, -0.2) is 4.57 Å². The minimum Gasteiger partial charge on any atom is -0.457 e. The fourth-order valence-electron chi connectivity index (χ4n) is 7.46. The number of likely N-dealkylation sites (N-methyl/N-ethyl adjacent to an activating group) is 1. The number of allylic oxidation sites excluding steroid dienone is 18. The van der Waals surface area contributed by atoms with Crippen LogP contribution in [-0.4, -0.2) is 75.6 Å². The number of unbranched alkanes of at least 4 members (excludes halogenated alkanes) is 20. The smallest absolute Gasteiger partial charge is 0.457 e. The van der Waals surface area contributed by atoms with Gasteiger partial charge >= 0.3 is 13.8 Å². The maximum atomic E-state index is 12.8. The third-order valence-electron chi connectivity index (χ3n) is 11.8. The van der Waals surface area contributed by atoms with Gasteiger partial charge in [0.15, 0.2) is 0 Å². The van der Waals surface area contributed by atoms with Crippen molar-refractivity contribution in [2.75, 3.05) is 54.1 Å². The zero-order valence-electron chi connectivity index (χ0n) is 46.4. The number of carbonyl (C=O) groups excluding carboxylic acids is 1. The molecule has 71 heavy (non-hydrogen) atoms. The van der Waals surface area contributed by atoms with Crippen molar-refractivity contribution in [3.05, 3.63) is 109 Å². The largest absolute Gasteiger partial charge is 0.472 e. The van der Waals surface area contributed by atoms with Crippen LogP contribution in [0.15, 0.2) is 109 Å². The average Bonchev–Trinajstić information content (AvgIpc) is 3.33. The maximum absolute atomic E-state index is 12.8. The molecule has 0 aliphatic carbocycles. The Morgan fingerprint density at radius 3 is 1.23 bits per heavy atom. The second-order valence-corrected chi connectivity index (χ2v) is 21.4. The number of carbonyl (C=O) groups is 1. The van der Waals surface area contributed by atoms with Crippen molar-refractivity contribution >= 4 is 13.8 Å². The lowest BCUT2D eigenvalue weighted by atomic mass is 10.0. The van der Waals surface area contributed by atoms with Crippen LogP contribution < -0.4 is 0 Å². The van der Waals surface area contributed by atoms with Crippen molar-refractivity contribution in [1.82, 2.24) is 0 Å². The molecule has 0 aromatic heterocycles. The van der Waals surface area contributed by atoms with E-state index in [0.717, 1.165) is 70.6 Å². The number of ether oxygens (including phenoxy) is 2. The van der Waals surface area contributed by atoms with Crippen LogP contribution in [0.2, 0.25) is 0 Å². The molecule has 8 nitrogen and oxygen atoms in total. The molecule has 0 amide bonds. The number of hydrogen-bond acceptors (Lipinski definition) is 6. The molecule has 0 rings (SSSR count). The second-order valence-electron chi connectivity index (χ2n) is 19.9. The Kier molecular flexibility index (Phi) is 51.3. The van der Waals surface area contributed by atoms with Gasteiger partial charge in [0.1, 0.15) is 19.3 Å². The number of quaternary nitrogens is 1. The summed E-state index contributed by atoms with van der Waals surface area (Å²) in [5, 5.41) is 0. The summed E-state index contributed by atoms with van der Waals surface area (Å²) in [6.45, 7) is 5.42. The van der Waals surface area contributed by atoms with Crippen molar-refractivity contribution < 1.29 is 37.3 Å². The zero-order chi connectivity index (χ0) is 51.9. The normalized spacial score (nSPS) is 14.3. The standard InChI is InChI=1S/C62H108NO7P/c1-6-8-10-12-14-16-18-20-22-24-26-28-30-31-32-34-36-38-40-42-44-46-48-50-52-54-57-67-59-61(60-69-71(65,66)68-58-56-63(3,4)5)70-62(64)55-53-51-49-47-45-43-41-39-37-35-33-29-27-25-23-21-19-17-15-13-11-9-7-2/h9,11,15,17-18,20-21,23-24,26-27,29,35,37,41,43,47,49,61H,6-8,10,12-14,16,19,22,25,28,30-34,36,38-40,42,44-46,48,50-60H2,1-5H3/p+1/b11-9-,17-15-,20-18-,23-21-,26-24-,29-27-,37-35-,43-41-,49-47-. The third kappa shape index (κ3) is 57.9. The van der Waals surface area contributed by atoms with Gasteiger partial charge in [-0.15, -0.1) is 0 Å². The van der Waals surface area contributed by atoms with Crippen LogP contribution >= 0.6 is 7.82 Å². The molecule has 0 aliphatic rings. The molecule has 0 heterocycles. The molecule has 0 aromatic carbocycles. The summed E-state index contributed by atoms with van der Waals surface area (Å²) in [5.41, 5.74) is 0. The van der Waals surface area contributed by atoms with Gasteiger partial charge in [-0.05, 0) is 96.3 Å². The van der Waals surface area contributed by atoms with E-state index in [4.69, 9.17) is 18.5 Å². The third-order valence-corrected chi connectivity index (χ3v) is 12.8. The van der Waals surface area contributed by atoms with Crippen molar-refractivity contribution in [2.45, 2.75) is 225 Å². The summed E-state index contributed by atoms with van der Waals surface area (Å²) in [6.07, 6.45) is 75.9. The quantitative estimate of drug-likeness (QED) is 0.0213. The second kappa shape index (κ2) is 53.5. The van der Waals surface area contributed by atoms with Gasteiger partial charge in [-0.1, -0.05) is 226 Å². The number of phosphoric ester groups is 1. The number of hydrogen-bond donors (Lipinski definition) is 1. The molecular weight excluding hydrogens is 902 g/mol. The lowest BCUT2D eigenvalue weighted by Gasteiger charge is -2.24. The SMILES string of the molecule is CC/C=C\C/C=C\C/C=C\C/C=C\C/C=C\C/C=C\C/C=C\CCCC(=O)OC(COCCCCCCCCCCCCCCCC/C=C\C/C=C\CCCCCCC)COP(=O)(O)OCC[N+](C)(C)C. The summed E-state index contributed by atoms with van der Waals surface area (Å²) in [6, 6.07) is 0. The number of phosphoric acid groups is 1. The molecule has 0 saturated carbocycles. The van der Waals surface area contributed by atoms with Crippen LogP contribution in [0.1, 0.15) is 219 Å². The fourth-order valence-corrected chi connectivity index (χ4v) is 8.20. The van der Waals surface area contributed by atoms with Gasteiger partial charge in [-0.2, -0.15) is 0 Å². The predicted molar refractivity (Wildman–Crippen MR) is 307 cm³/mol. The molecule has 0 saturated heterocycles. The van der Waals surface area contributed by atoms with Crippen molar-refractivity contribution in [3.8, 4) is 0 Å². The van der Waals surface area contributed by atoms with Crippen LogP contribution in [0.25, 0.3) is 0 Å². The Morgan fingerprint density at radius 2 is 0.817 bits per heavy atom. The van der Waals surface area contributed by atoms with Gasteiger partial charge < -0.3 is 18.9 Å². The molecule has 0 aromatic rings. The van der Waals surface area contributed by atoms with E-state index >= 15 is 0 Å². The van der Waals surface area contributed by atoms with E-state index in [1.807, 2.05) is 21.1 Å². The zero-order valence-corrected chi connectivity index (χ0v) is 47.3. The molecular formula is C62H109NO7P+. The topological polar surface area (TPSA) is 91.3 Å². The van der Waals surface area contributed by atoms with Crippen LogP contribution in [0.4, 0.5) is 0 Å². The first kappa shape index (κ1) is 68.2. The summed E-state index contributed by atoms with van der Waals surface area (Å²) >= 11 is 0. The lowest BCUT2D eigenvalue weighted by molar-refractivity contribution is -0.870. The van der Waals surface area contributed by atoms with Gasteiger partial charge in [-0.3, -0.25) is 13.8 Å². The van der Waals surface area contributed by atoms with E-state index in [0.29, 0.717) is 24.1 Å². The average molecular weight is 1010 g/mol. The molecule has 1 N–H and O–H groups in total. The first-order valence-corrected chi connectivity index (χ1v) is 30.1. The minimum atomic E-state index is -4.31. The molecule has 2 atom stereocenters. The Labute approximate surface area is 438 Å². The van der Waals surface area contributed by atoms with E-state index in [1.54, 1.807) is 0 Å². The molecule has 2 unspecified atom stereocenters. The van der Waals surface area contributed by atoms with Gasteiger partial charge in [0, 0.05) is 13.0 Å². The molecule has 0 spiro atoms. The summed E-state index contributed by atoms with van der Waals surface area (Å²) in [4.78, 5) is 23.0. The van der Waals surface area contributed by atoms with E-state index in [-0.39, 0.29) is 32.2 Å². The Bertz CT molecular complexity index is 1500. The Hall–Kier alpha value is -2.84. The number of nitrogens with zero attached hydrogens (tertiary/aromatic N) is 1. The van der Waals surface area contributed by atoms with Gasteiger partial charge in [0.05, 0.1) is 34.4 Å². The lowest BCUT2D eigenvalue weighted by Crippen LogP contribution is -2.37. The van der Waals surface area contributed by atoms with E-state index in [1.165, 1.54) is 122 Å². The number of esters is 1. The Balaban J connectivity index is 4.19. The van der Waals surface area contributed by atoms with Gasteiger partial charge in [0.2, 0.25) is 0 Å². The molecule has 0 fully saturated rings. The highest BCUT2D eigenvalue weighted by Crippen LogP contribution is 2.43.